The molecule has 0 spiro atoms. The Labute approximate surface area is 165 Å². The van der Waals surface area contributed by atoms with Crippen molar-refractivity contribution in [3.8, 4) is 17.0 Å². The number of hydrogen-bond acceptors (Lipinski definition) is 6. The number of piperidine rings is 1. The summed E-state index contributed by atoms with van der Waals surface area (Å²) in [5.41, 5.74) is 0.467. The van der Waals surface area contributed by atoms with E-state index in [1.165, 1.54) is 12.1 Å². The van der Waals surface area contributed by atoms with Crippen LogP contribution in [0.4, 0.5) is 19.0 Å². The number of pyridine rings is 1. The van der Waals surface area contributed by atoms with E-state index in [4.69, 9.17) is 0 Å². The maximum absolute atomic E-state index is 14.6. The van der Waals surface area contributed by atoms with E-state index in [0.717, 1.165) is 37.4 Å². The molecule has 3 aromatic rings. The van der Waals surface area contributed by atoms with Crippen molar-refractivity contribution in [3.05, 3.63) is 42.5 Å². The lowest BCUT2D eigenvalue weighted by Crippen LogP contribution is -2.40. The van der Waals surface area contributed by atoms with Crippen LogP contribution < -0.4 is 10.1 Å². The first kappa shape index (κ1) is 19.4. The van der Waals surface area contributed by atoms with Gasteiger partial charge in [-0.15, -0.1) is 10.2 Å². The number of fused-ring (bicyclic) bond motifs is 1. The zero-order valence-electron chi connectivity index (χ0n) is 15.8. The molecule has 0 radical (unpaired) electrons. The molecule has 3 heterocycles. The van der Waals surface area contributed by atoms with Crippen LogP contribution in [0.5, 0.6) is 5.75 Å². The first-order chi connectivity index (χ1) is 14.0. The molecule has 1 fully saturated rings. The molecule has 0 saturated carbocycles. The number of halogens is 3. The number of aromatic nitrogens is 3. The lowest BCUT2D eigenvalue weighted by Gasteiger charge is -2.30. The fourth-order valence-electron chi connectivity index (χ4n) is 3.64. The predicted octanol–water partition coefficient (Wildman–Crippen LogP) is 3.94. The van der Waals surface area contributed by atoms with Gasteiger partial charge in [0.1, 0.15) is 17.3 Å². The summed E-state index contributed by atoms with van der Waals surface area (Å²) in [6, 6.07) is 5.53. The number of hydrogen-bond donors (Lipinski definition) is 1. The molecule has 4 rings (SSSR count). The smallest absolute Gasteiger partial charge is 0.387 e. The number of rotatable bonds is 5. The maximum Gasteiger partial charge on any atom is 0.387 e. The quantitative estimate of drug-likeness (QED) is 0.696. The molecule has 1 atom stereocenters. The van der Waals surface area contributed by atoms with Crippen LogP contribution in [0.25, 0.3) is 22.0 Å². The topological polar surface area (TPSA) is 63.2 Å². The highest BCUT2D eigenvalue weighted by atomic mass is 19.3. The van der Waals surface area contributed by atoms with Crippen molar-refractivity contribution in [1.82, 2.24) is 20.1 Å². The minimum atomic E-state index is -3.02. The largest absolute Gasteiger partial charge is 0.435 e. The fraction of sp³-hybridized carbons (Fsp3) is 0.350. The van der Waals surface area contributed by atoms with E-state index >= 15 is 0 Å². The maximum atomic E-state index is 14.6. The van der Waals surface area contributed by atoms with Crippen molar-refractivity contribution in [2.75, 3.05) is 25.5 Å². The van der Waals surface area contributed by atoms with Gasteiger partial charge < -0.3 is 15.0 Å². The molecular formula is C20H20F3N5O. The Morgan fingerprint density at radius 2 is 2.07 bits per heavy atom. The summed E-state index contributed by atoms with van der Waals surface area (Å²) in [7, 11) is 2.08. The predicted molar refractivity (Wildman–Crippen MR) is 104 cm³/mol. The third kappa shape index (κ3) is 4.24. The zero-order valence-corrected chi connectivity index (χ0v) is 15.8. The van der Waals surface area contributed by atoms with Crippen molar-refractivity contribution >= 4 is 16.6 Å². The Hall–Kier alpha value is -2.94. The van der Waals surface area contributed by atoms with Crippen LogP contribution in [-0.4, -0.2) is 52.9 Å². The molecule has 9 heteroatoms. The van der Waals surface area contributed by atoms with E-state index in [2.05, 4.69) is 37.2 Å². The van der Waals surface area contributed by atoms with Gasteiger partial charge in [-0.1, -0.05) is 0 Å². The molecule has 0 aliphatic carbocycles. The van der Waals surface area contributed by atoms with Gasteiger partial charge in [-0.2, -0.15) is 8.78 Å². The Kier molecular flexibility index (Phi) is 5.48. The molecule has 2 aromatic heterocycles. The van der Waals surface area contributed by atoms with Crippen LogP contribution in [0.15, 0.2) is 36.7 Å². The number of nitrogens with zero attached hydrogens (tertiary/aromatic N) is 4. The van der Waals surface area contributed by atoms with Gasteiger partial charge in [0.25, 0.3) is 0 Å². The third-order valence-electron chi connectivity index (χ3n) is 4.97. The number of anilines is 1. The van der Waals surface area contributed by atoms with Gasteiger partial charge >= 0.3 is 6.61 Å². The van der Waals surface area contributed by atoms with Crippen molar-refractivity contribution in [3.63, 3.8) is 0 Å². The highest BCUT2D eigenvalue weighted by molar-refractivity contribution is 5.99. The molecule has 152 valence electrons. The second-order valence-corrected chi connectivity index (χ2v) is 7.08. The van der Waals surface area contributed by atoms with Gasteiger partial charge in [-0.05, 0) is 44.6 Å². The number of likely N-dealkylation sites (tertiary alicyclic amines) is 1. The first-order valence-electron chi connectivity index (χ1n) is 9.31. The molecule has 1 N–H and O–H groups in total. The zero-order chi connectivity index (χ0) is 20.4. The van der Waals surface area contributed by atoms with Crippen LogP contribution in [0.2, 0.25) is 0 Å². The standard InChI is InChI=1S/C20H20F3N5O/c1-28-8-2-3-12(11-28)25-19-16-10-24-7-6-14(16)18(26-27-19)15-5-4-13(9-17(15)21)29-20(22)23/h4-7,9-10,12,20H,2-3,8,11H2,1H3,(H,25,27)/t12-/m1/s1. The summed E-state index contributed by atoms with van der Waals surface area (Å²) in [5, 5.41) is 13.3. The summed E-state index contributed by atoms with van der Waals surface area (Å²) in [4.78, 5) is 6.42. The van der Waals surface area contributed by atoms with Gasteiger partial charge in [0.05, 0.1) is 0 Å². The van der Waals surface area contributed by atoms with E-state index in [0.29, 0.717) is 16.9 Å². The number of likely N-dealkylation sites (N-methyl/N-ethyl adjacent to an activating group) is 1. The molecule has 1 saturated heterocycles. The highest BCUT2D eigenvalue weighted by Crippen LogP contribution is 2.33. The molecule has 1 aliphatic rings. The Balaban J connectivity index is 1.70. The Bertz CT molecular complexity index is 1020. The Morgan fingerprint density at radius 3 is 2.83 bits per heavy atom. The molecule has 0 bridgehead atoms. The molecule has 0 unspecified atom stereocenters. The lowest BCUT2D eigenvalue weighted by atomic mass is 10.0. The number of alkyl halides is 2. The SMILES string of the molecule is CN1CCC[C@@H](Nc2nnc(-c3ccc(OC(F)F)cc3F)c3ccncc23)C1. The van der Waals surface area contributed by atoms with E-state index in [1.807, 2.05) is 0 Å². The average molecular weight is 403 g/mol. The van der Waals surface area contributed by atoms with Crippen molar-refractivity contribution in [2.45, 2.75) is 25.5 Å². The molecule has 29 heavy (non-hydrogen) atoms. The highest BCUT2D eigenvalue weighted by Gasteiger charge is 2.20. The van der Waals surface area contributed by atoms with Crippen molar-refractivity contribution in [2.24, 2.45) is 0 Å². The molecule has 1 aliphatic heterocycles. The van der Waals surface area contributed by atoms with E-state index in [9.17, 15) is 13.2 Å². The number of benzene rings is 1. The summed E-state index contributed by atoms with van der Waals surface area (Å²) in [6.45, 7) is -1.06. The van der Waals surface area contributed by atoms with Crippen molar-refractivity contribution in [1.29, 1.82) is 0 Å². The minimum Gasteiger partial charge on any atom is -0.435 e. The van der Waals surface area contributed by atoms with Crippen LogP contribution in [0.1, 0.15) is 12.8 Å². The first-order valence-corrected chi connectivity index (χ1v) is 9.31. The van der Waals surface area contributed by atoms with Gasteiger partial charge in [0, 0.05) is 47.4 Å². The molecular weight excluding hydrogens is 383 g/mol. The summed E-state index contributed by atoms with van der Waals surface area (Å²) >= 11 is 0. The van der Waals surface area contributed by atoms with Gasteiger partial charge in [0.2, 0.25) is 0 Å². The van der Waals surface area contributed by atoms with E-state index in [1.54, 1.807) is 18.5 Å². The lowest BCUT2D eigenvalue weighted by molar-refractivity contribution is -0.0499. The Morgan fingerprint density at radius 1 is 1.21 bits per heavy atom. The fourth-order valence-corrected chi connectivity index (χ4v) is 3.64. The van der Waals surface area contributed by atoms with Crippen LogP contribution in [0.3, 0.4) is 0 Å². The normalized spacial score (nSPS) is 17.6. The van der Waals surface area contributed by atoms with E-state index in [-0.39, 0.29) is 17.4 Å². The van der Waals surface area contributed by atoms with Gasteiger partial charge in [-0.25, -0.2) is 4.39 Å². The number of ether oxygens (including phenoxy) is 1. The van der Waals surface area contributed by atoms with Crippen molar-refractivity contribution < 1.29 is 17.9 Å². The molecule has 0 amide bonds. The van der Waals surface area contributed by atoms with E-state index < -0.39 is 12.4 Å². The van der Waals surface area contributed by atoms with Gasteiger partial charge in [0.15, 0.2) is 5.82 Å². The molecule has 1 aromatic carbocycles. The number of nitrogens with one attached hydrogen (secondary N) is 1. The van der Waals surface area contributed by atoms with Gasteiger partial charge in [-0.3, -0.25) is 4.98 Å². The molecule has 6 nitrogen and oxygen atoms in total. The second kappa shape index (κ2) is 8.20. The second-order valence-electron chi connectivity index (χ2n) is 7.08. The third-order valence-corrected chi connectivity index (χ3v) is 4.97. The average Bonchev–Trinajstić information content (AvgIpc) is 2.68. The van der Waals surface area contributed by atoms with Crippen LogP contribution in [0, 0.1) is 5.82 Å². The summed E-state index contributed by atoms with van der Waals surface area (Å²) in [5.74, 6) is -0.375. The minimum absolute atomic E-state index is 0.152. The van der Waals surface area contributed by atoms with Crippen LogP contribution in [-0.2, 0) is 0 Å². The summed E-state index contributed by atoms with van der Waals surface area (Å²) in [6.07, 6.45) is 5.37. The monoisotopic (exact) mass is 403 g/mol. The van der Waals surface area contributed by atoms with Crippen LogP contribution >= 0.6 is 0 Å². The summed E-state index contributed by atoms with van der Waals surface area (Å²) < 4.78 is 43.6.